The van der Waals surface area contributed by atoms with Gasteiger partial charge in [-0.1, -0.05) is 121 Å². The number of rotatable bonds is 8. The van der Waals surface area contributed by atoms with Gasteiger partial charge in [-0.15, -0.1) is 0 Å². The van der Waals surface area contributed by atoms with Crippen molar-refractivity contribution in [2.45, 2.75) is 5.66 Å². The van der Waals surface area contributed by atoms with Gasteiger partial charge in [-0.25, -0.2) is 0 Å². The van der Waals surface area contributed by atoms with Crippen molar-refractivity contribution >= 4 is 35.5 Å². The van der Waals surface area contributed by atoms with Gasteiger partial charge in [0.05, 0.1) is 12.3 Å². The monoisotopic (exact) mass is 460 g/mol. The van der Waals surface area contributed by atoms with Crippen LogP contribution in [0.5, 0.6) is 0 Å². The Balaban J connectivity index is 1.88. The number of benzene rings is 4. The van der Waals surface area contributed by atoms with Gasteiger partial charge in [-0.3, -0.25) is 0 Å². The van der Waals surface area contributed by atoms with E-state index in [1.54, 1.807) is 0 Å². The molecule has 0 radical (unpaired) electrons. The van der Waals surface area contributed by atoms with Crippen LogP contribution >= 0.6 is 14.3 Å². The van der Waals surface area contributed by atoms with Gasteiger partial charge < -0.3 is 14.2 Å². The molecular weight excluding hydrogens is 434 g/mol. The molecule has 0 spiro atoms. The molecule has 5 heteroatoms. The molecule has 1 atom stereocenters. The van der Waals surface area contributed by atoms with E-state index >= 15 is 0 Å². The quantitative estimate of drug-likeness (QED) is 0.397. The summed E-state index contributed by atoms with van der Waals surface area (Å²) in [6.45, 7) is -0.329. The molecule has 1 N–H and O–H groups in total. The van der Waals surface area contributed by atoms with E-state index in [0.29, 0.717) is 21.2 Å². The van der Waals surface area contributed by atoms with Crippen LogP contribution in [0, 0.1) is 0 Å². The first-order valence-electron chi connectivity index (χ1n) is 10.6. The number of aliphatic hydroxyl groups excluding tert-OH is 1. The molecule has 4 aromatic rings. The first kappa shape index (κ1) is 22.5. The summed E-state index contributed by atoms with van der Waals surface area (Å²) >= 11 is 0. The maximum atomic E-state index is 14.8. The molecule has 0 bridgehead atoms. The second kappa shape index (κ2) is 9.84. The second-order valence-corrected chi connectivity index (χ2v) is 13.7. The highest BCUT2D eigenvalue weighted by Gasteiger charge is 2.41. The summed E-state index contributed by atoms with van der Waals surface area (Å²) in [4.78, 5) is 0. The van der Waals surface area contributed by atoms with Gasteiger partial charge in [0.2, 0.25) is 0 Å². The van der Waals surface area contributed by atoms with E-state index in [1.165, 1.54) is 0 Å². The van der Waals surface area contributed by atoms with Crippen molar-refractivity contribution in [1.29, 1.82) is 0 Å². The summed E-state index contributed by atoms with van der Waals surface area (Å²) < 4.78 is 29.5. The lowest BCUT2D eigenvalue weighted by atomic mass is 10.4. The van der Waals surface area contributed by atoms with Crippen LogP contribution in [0.3, 0.4) is 0 Å². The maximum absolute atomic E-state index is 14.8. The van der Waals surface area contributed by atoms with E-state index < -0.39 is 19.9 Å². The third kappa shape index (κ3) is 4.30. The van der Waals surface area contributed by atoms with E-state index in [2.05, 4.69) is 0 Å². The number of hydrogen-bond donors (Lipinski definition) is 1. The van der Waals surface area contributed by atoms with Crippen LogP contribution in [0.25, 0.3) is 0 Å². The van der Waals surface area contributed by atoms with Crippen LogP contribution in [0.2, 0.25) is 0 Å². The Morgan fingerprint density at radius 3 is 1.16 bits per heavy atom. The molecule has 162 valence electrons. The minimum absolute atomic E-state index is 0.110. The highest BCUT2D eigenvalue weighted by molar-refractivity contribution is 7.82. The van der Waals surface area contributed by atoms with Crippen molar-refractivity contribution in [3.63, 3.8) is 0 Å². The van der Waals surface area contributed by atoms with Crippen LogP contribution in [-0.4, -0.2) is 23.5 Å². The highest BCUT2D eigenvalue weighted by atomic mass is 31.2. The minimum atomic E-state index is -3.29. The summed E-state index contributed by atoms with van der Waals surface area (Å²) in [7, 11) is -6.46. The minimum Gasteiger partial charge on any atom is -0.396 e. The second-order valence-electron chi connectivity index (χ2n) is 7.76. The molecule has 0 aliphatic carbocycles. The van der Waals surface area contributed by atoms with Gasteiger partial charge in [0.15, 0.2) is 0 Å². The molecule has 4 rings (SSSR count). The van der Waals surface area contributed by atoms with Crippen molar-refractivity contribution < 1.29 is 14.2 Å². The summed E-state index contributed by atoms with van der Waals surface area (Å²) in [6.07, 6.45) is 0.110. The number of aliphatic hydroxyl groups is 1. The molecule has 3 nitrogen and oxygen atoms in total. The topological polar surface area (TPSA) is 54.4 Å². The van der Waals surface area contributed by atoms with E-state index in [1.807, 2.05) is 121 Å². The SMILES string of the molecule is O=P(C[C@H](CO)P(=O)(c1ccccc1)c1ccccc1)(c1ccccc1)c1ccccc1. The Morgan fingerprint density at radius 2 is 0.844 bits per heavy atom. The standard InChI is InChI=1S/C27H26O3P2/c28-21-27(32(30,25-17-9-3-10-18-25)26-19-11-4-12-20-26)22-31(29,23-13-5-1-6-14-23)24-15-7-2-8-16-24/h1-20,27-28H,21-22H2/t27-/m0/s1. The summed E-state index contributed by atoms with van der Waals surface area (Å²) in [5.41, 5.74) is -0.696. The van der Waals surface area contributed by atoms with E-state index in [-0.39, 0.29) is 12.8 Å². The lowest BCUT2D eigenvalue weighted by molar-refractivity contribution is 0.296. The Morgan fingerprint density at radius 1 is 0.531 bits per heavy atom. The Labute approximate surface area is 189 Å². The molecule has 0 amide bonds. The summed E-state index contributed by atoms with van der Waals surface area (Å²) in [6, 6.07) is 37.2. The van der Waals surface area contributed by atoms with Gasteiger partial charge in [0.25, 0.3) is 0 Å². The zero-order valence-electron chi connectivity index (χ0n) is 17.7. The van der Waals surface area contributed by atoms with E-state index in [0.717, 1.165) is 0 Å². The van der Waals surface area contributed by atoms with Crippen molar-refractivity contribution in [3.05, 3.63) is 121 Å². The third-order valence-electron chi connectivity index (χ3n) is 5.82. The van der Waals surface area contributed by atoms with E-state index in [9.17, 15) is 14.2 Å². The maximum Gasteiger partial charge on any atom is 0.148 e. The van der Waals surface area contributed by atoms with Gasteiger partial charge in [0.1, 0.15) is 14.3 Å². The average molecular weight is 460 g/mol. The zero-order chi connectivity index (χ0) is 22.4. The molecule has 4 aromatic carbocycles. The predicted octanol–water partition coefficient (Wildman–Crippen LogP) is 4.38. The zero-order valence-corrected chi connectivity index (χ0v) is 19.5. The first-order chi connectivity index (χ1) is 15.6. The van der Waals surface area contributed by atoms with Crippen molar-refractivity contribution in [3.8, 4) is 0 Å². The Hall–Kier alpha value is -2.70. The molecule has 32 heavy (non-hydrogen) atoms. The Kier molecular flexibility index (Phi) is 6.92. The molecule has 0 saturated carbocycles. The largest absolute Gasteiger partial charge is 0.396 e. The van der Waals surface area contributed by atoms with E-state index in [4.69, 9.17) is 0 Å². The van der Waals surface area contributed by atoms with Crippen LogP contribution < -0.4 is 21.2 Å². The van der Waals surface area contributed by atoms with Gasteiger partial charge in [-0.05, 0) is 0 Å². The summed E-state index contributed by atoms with van der Waals surface area (Å²) in [5, 5.41) is 13.3. The van der Waals surface area contributed by atoms with Gasteiger partial charge >= 0.3 is 0 Å². The van der Waals surface area contributed by atoms with Crippen LogP contribution in [0.1, 0.15) is 0 Å². The third-order valence-corrected chi connectivity index (χ3v) is 12.8. The molecule has 0 fully saturated rings. The molecule has 0 heterocycles. The van der Waals surface area contributed by atoms with Crippen LogP contribution in [0.15, 0.2) is 121 Å². The molecule has 0 aliphatic heterocycles. The van der Waals surface area contributed by atoms with Crippen molar-refractivity contribution in [2.24, 2.45) is 0 Å². The molecular formula is C27H26O3P2. The molecule has 0 aliphatic rings. The van der Waals surface area contributed by atoms with Crippen molar-refractivity contribution in [1.82, 2.24) is 0 Å². The fourth-order valence-corrected chi connectivity index (χ4v) is 11.1. The normalized spacial score (nSPS) is 12.9. The first-order valence-corrected chi connectivity index (χ1v) is 14.3. The number of hydrogen-bond acceptors (Lipinski definition) is 3. The average Bonchev–Trinajstić information content (AvgIpc) is 2.88. The lowest BCUT2D eigenvalue weighted by Crippen LogP contribution is -2.34. The smallest absolute Gasteiger partial charge is 0.148 e. The highest BCUT2D eigenvalue weighted by Crippen LogP contribution is 2.55. The van der Waals surface area contributed by atoms with Gasteiger partial charge in [-0.2, -0.15) is 0 Å². The molecule has 0 aromatic heterocycles. The van der Waals surface area contributed by atoms with Crippen LogP contribution in [0.4, 0.5) is 0 Å². The van der Waals surface area contributed by atoms with Crippen LogP contribution in [-0.2, 0) is 9.13 Å². The predicted molar refractivity (Wildman–Crippen MR) is 135 cm³/mol. The lowest BCUT2D eigenvalue weighted by Gasteiger charge is -2.31. The fraction of sp³-hybridized carbons (Fsp3) is 0.111. The Bertz CT molecular complexity index is 1140. The molecule has 0 unspecified atom stereocenters. The fourth-order valence-electron chi connectivity index (χ4n) is 4.15. The summed E-state index contributed by atoms with van der Waals surface area (Å²) in [5.74, 6) is 0. The molecule has 0 saturated heterocycles. The van der Waals surface area contributed by atoms with Crippen molar-refractivity contribution in [2.75, 3.05) is 12.8 Å². The van der Waals surface area contributed by atoms with Gasteiger partial charge in [0, 0.05) is 27.4 Å².